The van der Waals surface area contributed by atoms with Crippen LogP contribution in [-0.2, 0) is 0 Å². The van der Waals surface area contributed by atoms with Crippen LogP contribution in [0.25, 0.3) is 88.4 Å². The van der Waals surface area contributed by atoms with Crippen LogP contribution >= 0.6 is 0 Å². The highest BCUT2D eigenvalue weighted by atomic mass is 15.1. The molecule has 0 amide bonds. The SMILES string of the molecule is c1ccc(-c2ccc(-n3cc(-c4c(-c5ccccc5)c5ccccc5c5c4c4ccccc4n5-c4ccccc4)c4ccccc43)nc2)cc1. The first-order chi connectivity index (χ1) is 24.8. The average Bonchev–Trinajstić information content (AvgIpc) is 3.75. The Morgan fingerprint density at radius 2 is 0.980 bits per heavy atom. The van der Waals surface area contributed by atoms with Gasteiger partial charge in [0, 0.05) is 56.3 Å². The fourth-order valence-electron chi connectivity index (χ4n) is 7.83. The highest BCUT2D eigenvalue weighted by molar-refractivity contribution is 6.30. The summed E-state index contributed by atoms with van der Waals surface area (Å²) in [7, 11) is 0. The Bertz CT molecular complexity index is 2830. The topological polar surface area (TPSA) is 22.8 Å². The molecule has 0 aliphatic rings. The van der Waals surface area contributed by atoms with Crippen molar-refractivity contribution >= 4 is 43.5 Å². The Labute approximate surface area is 290 Å². The van der Waals surface area contributed by atoms with Gasteiger partial charge in [0.05, 0.1) is 16.6 Å². The summed E-state index contributed by atoms with van der Waals surface area (Å²) < 4.78 is 4.71. The predicted octanol–water partition coefficient (Wildman–Crippen LogP) is 12.3. The third-order valence-electron chi connectivity index (χ3n) is 9.99. The Hall–Kier alpha value is -6.71. The van der Waals surface area contributed by atoms with Crippen LogP contribution in [0.15, 0.2) is 188 Å². The Kier molecular flexibility index (Phi) is 6.49. The van der Waals surface area contributed by atoms with Crippen LogP contribution in [0.5, 0.6) is 0 Å². The summed E-state index contributed by atoms with van der Waals surface area (Å²) in [4.78, 5) is 5.03. The second kappa shape index (κ2) is 11.5. The molecular formula is C47H31N3. The van der Waals surface area contributed by atoms with Crippen molar-refractivity contribution in [3.05, 3.63) is 188 Å². The molecule has 0 radical (unpaired) electrons. The summed E-state index contributed by atoms with van der Waals surface area (Å²) in [5.41, 5.74) is 11.8. The monoisotopic (exact) mass is 637 g/mol. The Morgan fingerprint density at radius 3 is 1.68 bits per heavy atom. The smallest absolute Gasteiger partial charge is 0.137 e. The van der Waals surface area contributed by atoms with Crippen LogP contribution in [-0.4, -0.2) is 14.1 Å². The minimum Gasteiger partial charge on any atom is -0.309 e. The van der Waals surface area contributed by atoms with Crippen molar-refractivity contribution in [2.24, 2.45) is 0 Å². The highest BCUT2D eigenvalue weighted by Gasteiger charge is 2.26. The lowest BCUT2D eigenvalue weighted by atomic mass is 9.86. The van der Waals surface area contributed by atoms with Gasteiger partial charge in [0.2, 0.25) is 0 Å². The number of fused-ring (bicyclic) bond motifs is 6. The molecule has 0 fully saturated rings. The van der Waals surface area contributed by atoms with Crippen LogP contribution in [0, 0.1) is 0 Å². The molecule has 0 aliphatic heterocycles. The molecule has 3 heterocycles. The summed E-state index contributed by atoms with van der Waals surface area (Å²) in [6.07, 6.45) is 4.29. The zero-order valence-corrected chi connectivity index (χ0v) is 27.2. The van der Waals surface area contributed by atoms with Gasteiger partial charge >= 0.3 is 0 Å². The Morgan fingerprint density at radius 1 is 0.400 bits per heavy atom. The van der Waals surface area contributed by atoms with Crippen molar-refractivity contribution in [1.29, 1.82) is 0 Å². The lowest BCUT2D eigenvalue weighted by Crippen LogP contribution is -1.96. The maximum Gasteiger partial charge on any atom is 0.137 e. The molecule has 10 aromatic rings. The molecule has 7 aromatic carbocycles. The number of aromatic nitrogens is 3. The fourth-order valence-corrected chi connectivity index (χ4v) is 7.83. The van der Waals surface area contributed by atoms with E-state index in [9.17, 15) is 0 Å². The quantitative estimate of drug-likeness (QED) is 0.184. The molecule has 3 aromatic heterocycles. The van der Waals surface area contributed by atoms with Crippen LogP contribution < -0.4 is 0 Å². The van der Waals surface area contributed by atoms with Crippen molar-refractivity contribution in [3.8, 4) is 44.9 Å². The number of nitrogens with zero attached hydrogens (tertiary/aromatic N) is 3. The van der Waals surface area contributed by atoms with Crippen molar-refractivity contribution in [3.63, 3.8) is 0 Å². The summed E-state index contributed by atoms with van der Waals surface area (Å²) >= 11 is 0. The third-order valence-corrected chi connectivity index (χ3v) is 9.99. The normalized spacial score (nSPS) is 11.6. The molecule has 0 atom stereocenters. The number of pyridine rings is 1. The molecule has 0 saturated heterocycles. The van der Waals surface area contributed by atoms with Crippen molar-refractivity contribution in [2.45, 2.75) is 0 Å². The van der Waals surface area contributed by atoms with Crippen molar-refractivity contribution in [2.75, 3.05) is 0 Å². The Balaban J connectivity index is 1.36. The van der Waals surface area contributed by atoms with Crippen LogP contribution in [0.2, 0.25) is 0 Å². The number of benzene rings is 7. The molecule has 50 heavy (non-hydrogen) atoms. The molecule has 0 saturated carbocycles. The van der Waals surface area contributed by atoms with E-state index in [2.05, 4.69) is 185 Å². The number of hydrogen-bond donors (Lipinski definition) is 0. The molecule has 0 bridgehead atoms. The summed E-state index contributed by atoms with van der Waals surface area (Å²) in [5, 5.41) is 6.12. The van der Waals surface area contributed by atoms with Crippen LogP contribution in [0.3, 0.4) is 0 Å². The molecule has 3 heteroatoms. The second-order valence-electron chi connectivity index (χ2n) is 12.8. The third kappa shape index (κ3) is 4.34. The molecule has 3 nitrogen and oxygen atoms in total. The van der Waals surface area contributed by atoms with E-state index in [1.807, 2.05) is 12.3 Å². The fraction of sp³-hybridized carbons (Fsp3) is 0. The van der Waals surface area contributed by atoms with Gasteiger partial charge in [-0.15, -0.1) is 0 Å². The molecule has 0 spiro atoms. The zero-order valence-electron chi connectivity index (χ0n) is 27.2. The maximum atomic E-state index is 5.03. The molecule has 234 valence electrons. The minimum atomic E-state index is 0.886. The van der Waals surface area contributed by atoms with E-state index in [4.69, 9.17) is 4.98 Å². The number of hydrogen-bond acceptors (Lipinski definition) is 1. The summed E-state index contributed by atoms with van der Waals surface area (Å²) in [5.74, 6) is 0.886. The van der Waals surface area contributed by atoms with Gasteiger partial charge in [-0.25, -0.2) is 4.98 Å². The van der Waals surface area contributed by atoms with Gasteiger partial charge in [0.1, 0.15) is 5.82 Å². The van der Waals surface area contributed by atoms with Gasteiger partial charge in [0.15, 0.2) is 0 Å². The van der Waals surface area contributed by atoms with E-state index < -0.39 is 0 Å². The largest absolute Gasteiger partial charge is 0.309 e. The van der Waals surface area contributed by atoms with Gasteiger partial charge in [-0.3, -0.25) is 0 Å². The molecular weight excluding hydrogens is 607 g/mol. The van der Waals surface area contributed by atoms with E-state index >= 15 is 0 Å². The molecule has 0 N–H and O–H groups in total. The second-order valence-corrected chi connectivity index (χ2v) is 12.8. The predicted molar refractivity (Wildman–Crippen MR) is 209 cm³/mol. The van der Waals surface area contributed by atoms with Gasteiger partial charge in [0.25, 0.3) is 0 Å². The van der Waals surface area contributed by atoms with E-state index in [1.165, 1.54) is 60.2 Å². The first kappa shape index (κ1) is 28.3. The van der Waals surface area contributed by atoms with E-state index in [-0.39, 0.29) is 0 Å². The lowest BCUT2D eigenvalue weighted by molar-refractivity contribution is 1.05. The average molecular weight is 638 g/mol. The van der Waals surface area contributed by atoms with Gasteiger partial charge in [-0.2, -0.15) is 0 Å². The van der Waals surface area contributed by atoms with Crippen molar-refractivity contribution in [1.82, 2.24) is 14.1 Å². The number of para-hydroxylation sites is 3. The minimum absolute atomic E-state index is 0.886. The molecule has 0 unspecified atom stereocenters. The lowest BCUT2D eigenvalue weighted by Gasteiger charge is -2.18. The van der Waals surface area contributed by atoms with E-state index in [0.717, 1.165) is 28.1 Å². The number of rotatable bonds is 5. The molecule has 0 aliphatic carbocycles. The van der Waals surface area contributed by atoms with Gasteiger partial charge in [-0.05, 0) is 58.5 Å². The highest BCUT2D eigenvalue weighted by Crippen LogP contribution is 2.50. The van der Waals surface area contributed by atoms with Gasteiger partial charge < -0.3 is 9.13 Å². The van der Waals surface area contributed by atoms with Crippen LogP contribution in [0.1, 0.15) is 0 Å². The summed E-state index contributed by atoms with van der Waals surface area (Å²) in [6, 6.07) is 62.9. The van der Waals surface area contributed by atoms with E-state index in [1.54, 1.807) is 0 Å². The summed E-state index contributed by atoms with van der Waals surface area (Å²) in [6.45, 7) is 0. The maximum absolute atomic E-state index is 5.03. The standard InChI is InChI=1S/C47H31N3/c1-4-16-32(17-5-1)34-28-29-43(48-30-34)49-31-40(36-22-12-14-26-41(36)49)45-44(33-18-6-2-7-19-33)37-23-10-11-24-38(37)47-46(45)39-25-13-15-27-42(39)50(47)35-20-8-3-9-21-35/h1-31H. The van der Waals surface area contributed by atoms with Gasteiger partial charge in [-0.1, -0.05) is 140 Å². The van der Waals surface area contributed by atoms with Crippen LogP contribution in [0.4, 0.5) is 0 Å². The first-order valence-electron chi connectivity index (χ1n) is 17.1. The van der Waals surface area contributed by atoms with Crippen molar-refractivity contribution < 1.29 is 0 Å². The molecule has 10 rings (SSSR count). The van der Waals surface area contributed by atoms with E-state index in [0.29, 0.717) is 0 Å². The first-order valence-corrected chi connectivity index (χ1v) is 17.1. The zero-order chi connectivity index (χ0) is 33.0.